The van der Waals surface area contributed by atoms with E-state index in [0.717, 1.165) is 5.69 Å². The first-order chi connectivity index (χ1) is 9.88. The summed E-state index contributed by atoms with van der Waals surface area (Å²) in [6, 6.07) is 9.15. The van der Waals surface area contributed by atoms with Crippen LogP contribution in [0.3, 0.4) is 0 Å². The van der Waals surface area contributed by atoms with Gasteiger partial charge in [0.1, 0.15) is 6.61 Å². The minimum atomic E-state index is -4.32. The summed E-state index contributed by atoms with van der Waals surface area (Å²) in [7, 11) is 0. The van der Waals surface area contributed by atoms with E-state index in [0.29, 0.717) is 19.5 Å². The maximum atomic E-state index is 11.9. The second-order valence-corrected chi connectivity index (χ2v) is 4.49. The lowest BCUT2D eigenvalue weighted by Crippen LogP contribution is -2.28. The summed E-state index contributed by atoms with van der Waals surface area (Å²) in [6.45, 7) is -0.531. The third kappa shape index (κ3) is 8.19. The molecular formula is C14H18F3NO3. The Balaban J connectivity index is 2.41. The third-order valence-electron chi connectivity index (χ3n) is 2.70. The van der Waals surface area contributed by atoms with E-state index >= 15 is 0 Å². The molecule has 0 aliphatic rings. The van der Waals surface area contributed by atoms with Crippen molar-refractivity contribution in [3.8, 4) is 0 Å². The Morgan fingerprint density at radius 3 is 2.43 bits per heavy atom. The zero-order valence-electron chi connectivity index (χ0n) is 11.5. The number of carbonyl (C=O) groups is 1. The fraction of sp³-hybridized carbons (Fsp3) is 0.500. The van der Waals surface area contributed by atoms with Gasteiger partial charge >= 0.3 is 12.1 Å². The average Bonchev–Trinajstić information content (AvgIpc) is 2.41. The van der Waals surface area contributed by atoms with Crippen molar-refractivity contribution in [1.82, 2.24) is 0 Å². The topological polar surface area (TPSA) is 49.8 Å². The van der Waals surface area contributed by atoms with E-state index in [2.05, 4.69) is 4.74 Å². The van der Waals surface area contributed by atoms with Crippen LogP contribution in [0.4, 0.5) is 18.9 Å². The highest BCUT2D eigenvalue weighted by molar-refractivity contribution is 5.67. The summed E-state index contributed by atoms with van der Waals surface area (Å²) >= 11 is 0. The fourth-order valence-corrected chi connectivity index (χ4v) is 1.78. The van der Waals surface area contributed by atoms with Crippen LogP contribution in [-0.4, -0.2) is 43.6 Å². The van der Waals surface area contributed by atoms with Gasteiger partial charge in [-0.05, 0) is 18.6 Å². The first-order valence-electron chi connectivity index (χ1n) is 6.55. The second-order valence-electron chi connectivity index (χ2n) is 4.49. The molecule has 0 aliphatic heterocycles. The highest BCUT2D eigenvalue weighted by atomic mass is 19.4. The molecule has 21 heavy (non-hydrogen) atoms. The van der Waals surface area contributed by atoms with Gasteiger partial charge in [0.2, 0.25) is 0 Å². The van der Waals surface area contributed by atoms with Gasteiger partial charge in [-0.15, -0.1) is 0 Å². The number of halogens is 3. The molecule has 1 aromatic rings. The van der Waals surface area contributed by atoms with Gasteiger partial charge in [0.05, 0.1) is 6.42 Å². The van der Waals surface area contributed by atoms with E-state index in [1.54, 1.807) is 0 Å². The van der Waals surface area contributed by atoms with Crippen LogP contribution in [0.1, 0.15) is 12.8 Å². The maximum absolute atomic E-state index is 11.9. The van der Waals surface area contributed by atoms with Crippen molar-refractivity contribution in [2.75, 3.05) is 31.2 Å². The van der Waals surface area contributed by atoms with Gasteiger partial charge in [0.15, 0.2) is 0 Å². The van der Waals surface area contributed by atoms with Gasteiger partial charge in [-0.25, -0.2) is 0 Å². The molecule has 1 N–H and O–H groups in total. The van der Waals surface area contributed by atoms with Gasteiger partial charge in [0.25, 0.3) is 0 Å². The largest absolute Gasteiger partial charge is 0.481 e. The normalized spacial score (nSPS) is 11.4. The number of carboxylic acid groups (broad SMARTS) is 1. The molecule has 0 atom stereocenters. The second kappa shape index (κ2) is 8.51. The lowest BCUT2D eigenvalue weighted by atomic mass is 10.2. The number of carboxylic acids is 1. The molecule has 0 bridgehead atoms. The summed E-state index contributed by atoms with van der Waals surface area (Å²) < 4.78 is 40.3. The van der Waals surface area contributed by atoms with Crippen molar-refractivity contribution in [3.63, 3.8) is 0 Å². The Kier molecular flexibility index (Phi) is 7.01. The van der Waals surface area contributed by atoms with Crippen LogP contribution in [0, 0.1) is 0 Å². The summed E-state index contributed by atoms with van der Waals surface area (Å²) in [5.74, 6) is -0.913. The zero-order valence-corrected chi connectivity index (χ0v) is 11.5. The van der Waals surface area contributed by atoms with Crippen molar-refractivity contribution >= 4 is 11.7 Å². The summed E-state index contributed by atoms with van der Waals surface area (Å²) in [5, 5.41) is 8.73. The first kappa shape index (κ1) is 17.3. The number of hydrogen-bond acceptors (Lipinski definition) is 3. The van der Waals surface area contributed by atoms with Crippen LogP contribution in [-0.2, 0) is 9.53 Å². The monoisotopic (exact) mass is 305 g/mol. The molecule has 1 aromatic carbocycles. The zero-order chi connectivity index (χ0) is 15.7. The lowest BCUT2D eigenvalue weighted by Gasteiger charge is -2.24. The lowest BCUT2D eigenvalue weighted by molar-refractivity contribution is -0.173. The number of benzene rings is 1. The smallest absolute Gasteiger partial charge is 0.411 e. The minimum absolute atomic E-state index is 0.0179. The number of nitrogens with zero attached hydrogens (tertiary/aromatic N) is 1. The summed E-state index contributed by atoms with van der Waals surface area (Å²) in [4.78, 5) is 12.5. The van der Waals surface area contributed by atoms with Gasteiger partial charge < -0.3 is 14.7 Å². The molecule has 0 spiro atoms. The molecule has 4 nitrogen and oxygen atoms in total. The summed E-state index contributed by atoms with van der Waals surface area (Å²) in [6.07, 6.45) is -3.95. The molecule has 0 fully saturated rings. The number of ether oxygens (including phenoxy) is 1. The Bertz CT molecular complexity index is 423. The summed E-state index contributed by atoms with van der Waals surface area (Å²) in [5.41, 5.74) is 0.842. The van der Waals surface area contributed by atoms with Crippen LogP contribution in [0.5, 0.6) is 0 Å². The molecule has 0 amide bonds. The highest BCUT2D eigenvalue weighted by Crippen LogP contribution is 2.16. The van der Waals surface area contributed by atoms with Crippen molar-refractivity contribution < 1.29 is 27.8 Å². The number of anilines is 1. The molecule has 7 heteroatoms. The third-order valence-corrected chi connectivity index (χ3v) is 2.70. The average molecular weight is 305 g/mol. The van der Waals surface area contributed by atoms with Crippen LogP contribution in [0.25, 0.3) is 0 Å². The van der Waals surface area contributed by atoms with Crippen molar-refractivity contribution in [2.24, 2.45) is 0 Å². The minimum Gasteiger partial charge on any atom is -0.481 e. The Hall–Kier alpha value is -1.76. The molecule has 0 radical (unpaired) electrons. The number of alkyl halides is 3. The van der Waals surface area contributed by atoms with Gasteiger partial charge in [-0.2, -0.15) is 13.2 Å². The quantitative estimate of drug-likeness (QED) is 0.713. The maximum Gasteiger partial charge on any atom is 0.411 e. The molecule has 0 aliphatic carbocycles. The van der Waals surface area contributed by atoms with Crippen LogP contribution in [0.15, 0.2) is 30.3 Å². The Labute approximate surface area is 121 Å². The fourth-order valence-electron chi connectivity index (χ4n) is 1.78. The molecule has 0 aromatic heterocycles. The molecule has 1 rings (SSSR count). The standard InChI is InChI=1S/C14H18F3NO3/c15-14(16,17)11-21-10-4-8-18(9-7-13(19)20)12-5-2-1-3-6-12/h1-3,5-6H,4,7-11H2,(H,19,20). The number of hydrogen-bond donors (Lipinski definition) is 1. The highest BCUT2D eigenvalue weighted by Gasteiger charge is 2.27. The predicted octanol–water partition coefficient (Wildman–Crippen LogP) is 2.94. The molecule has 0 saturated carbocycles. The van der Waals surface area contributed by atoms with Gasteiger partial charge in [-0.1, -0.05) is 18.2 Å². The van der Waals surface area contributed by atoms with Crippen LogP contribution >= 0.6 is 0 Å². The molecule has 0 unspecified atom stereocenters. The van der Waals surface area contributed by atoms with Crippen molar-refractivity contribution in [1.29, 1.82) is 0 Å². The van der Waals surface area contributed by atoms with Crippen molar-refractivity contribution in [3.05, 3.63) is 30.3 Å². The van der Waals surface area contributed by atoms with E-state index in [1.165, 1.54) is 0 Å². The van der Waals surface area contributed by atoms with E-state index in [1.807, 2.05) is 35.2 Å². The van der Waals surface area contributed by atoms with E-state index in [4.69, 9.17) is 5.11 Å². The van der Waals surface area contributed by atoms with Crippen LogP contribution in [0.2, 0.25) is 0 Å². The van der Waals surface area contributed by atoms with E-state index in [9.17, 15) is 18.0 Å². The Morgan fingerprint density at radius 2 is 1.86 bits per heavy atom. The van der Waals surface area contributed by atoms with E-state index in [-0.39, 0.29) is 13.0 Å². The molecule has 118 valence electrons. The van der Waals surface area contributed by atoms with E-state index < -0.39 is 18.8 Å². The number of para-hydroxylation sites is 1. The van der Waals surface area contributed by atoms with Gasteiger partial charge in [-0.3, -0.25) is 4.79 Å². The van der Waals surface area contributed by atoms with Crippen molar-refractivity contribution in [2.45, 2.75) is 19.0 Å². The number of aliphatic carboxylic acids is 1. The Morgan fingerprint density at radius 1 is 1.19 bits per heavy atom. The van der Waals surface area contributed by atoms with Crippen LogP contribution < -0.4 is 4.90 Å². The number of rotatable bonds is 9. The molecule has 0 heterocycles. The molecule has 0 saturated heterocycles. The van der Waals surface area contributed by atoms with Gasteiger partial charge in [0, 0.05) is 25.4 Å². The first-order valence-corrected chi connectivity index (χ1v) is 6.55. The predicted molar refractivity (Wildman–Crippen MR) is 72.4 cm³/mol. The SMILES string of the molecule is O=C(O)CCN(CCCOCC(F)(F)F)c1ccccc1. The molecular weight excluding hydrogens is 287 g/mol.